The second-order valence-corrected chi connectivity index (χ2v) is 12.7. The molecular formula is C43H25NOS. The van der Waals surface area contributed by atoms with Crippen molar-refractivity contribution in [2.24, 2.45) is 0 Å². The fourth-order valence-corrected chi connectivity index (χ4v) is 7.94. The predicted molar refractivity (Wildman–Crippen MR) is 193 cm³/mol. The zero-order valence-corrected chi connectivity index (χ0v) is 25.5. The molecule has 9 aromatic rings. The van der Waals surface area contributed by atoms with E-state index in [0.29, 0.717) is 5.56 Å². The first-order valence-corrected chi connectivity index (χ1v) is 16.1. The van der Waals surface area contributed by atoms with Crippen LogP contribution in [0.3, 0.4) is 0 Å². The molecule has 46 heavy (non-hydrogen) atoms. The zero-order valence-electron chi connectivity index (χ0n) is 24.7. The number of fused-ring (bicyclic) bond motifs is 6. The van der Waals surface area contributed by atoms with Crippen molar-refractivity contribution in [3.05, 3.63) is 157 Å². The molecule has 0 radical (unpaired) electrons. The van der Waals surface area contributed by atoms with Crippen LogP contribution in [-0.2, 0) is 0 Å². The Labute approximate surface area is 270 Å². The Bertz CT molecular complexity index is 2650. The lowest BCUT2D eigenvalue weighted by atomic mass is 9.87. The van der Waals surface area contributed by atoms with Gasteiger partial charge in [0.15, 0.2) is 0 Å². The lowest BCUT2D eigenvalue weighted by Gasteiger charge is -2.16. The minimum Gasteiger partial charge on any atom is -0.455 e. The minimum absolute atomic E-state index is 0.626. The van der Waals surface area contributed by atoms with Crippen LogP contribution in [0.15, 0.2) is 156 Å². The standard InChI is InChI=1S/C43H25NOS/c44-26-27-22-30(28-10-2-1-3-11-28)24-31(23-27)38-25-29(32-14-9-19-41-42(32)37-13-5-7-18-40(37)46-41)20-21-33(38)35-15-8-16-36-34-12-4-6-17-39(34)45-43(35)36/h1-25H. The summed E-state index contributed by atoms with van der Waals surface area (Å²) in [7, 11) is 0. The van der Waals surface area contributed by atoms with E-state index in [1.54, 1.807) is 0 Å². The molecule has 0 atom stereocenters. The molecule has 0 saturated heterocycles. The van der Waals surface area contributed by atoms with Crippen molar-refractivity contribution >= 4 is 53.4 Å². The third-order valence-electron chi connectivity index (χ3n) is 8.91. The molecule has 0 bridgehead atoms. The molecule has 3 heteroatoms. The number of nitriles is 1. The van der Waals surface area contributed by atoms with Gasteiger partial charge in [0.05, 0.1) is 11.6 Å². The highest BCUT2D eigenvalue weighted by molar-refractivity contribution is 7.25. The van der Waals surface area contributed by atoms with Gasteiger partial charge in [-0.15, -0.1) is 11.3 Å². The molecule has 7 aromatic carbocycles. The molecular weight excluding hydrogens is 579 g/mol. The van der Waals surface area contributed by atoms with Crippen molar-refractivity contribution in [2.45, 2.75) is 0 Å². The van der Waals surface area contributed by atoms with Gasteiger partial charge in [0.25, 0.3) is 0 Å². The van der Waals surface area contributed by atoms with Crippen LogP contribution in [0.2, 0.25) is 0 Å². The van der Waals surface area contributed by atoms with E-state index in [1.165, 1.54) is 25.7 Å². The van der Waals surface area contributed by atoms with Gasteiger partial charge in [-0.1, -0.05) is 109 Å². The fraction of sp³-hybridized carbons (Fsp3) is 0. The summed E-state index contributed by atoms with van der Waals surface area (Å²) in [5.74, 6) is 0. The van der Waals surface area contributed by atoms with Gasteiger partial charge in [-0.2, -0.15) is 5.26 Å². The molecule has 0 unspecified atom stereocenters. The van der Waals surface area contributed by atoms with E-state index in [1.807, 2.05) is 53.8 Å². The number of benzene rings is 7. The average Bonchev–Trinajstić information content (AvgIpc) is 3.70. The van der Waals surface area contributed by atoms with Crippen LogP contribution in [0.4, 0.5) is 0 Å². The molecule has 0 N–H and O–H groups in total. The average molecular weight is 604 g/mol. The van der Waals surface area contributed by atoms with Crippen molar-refractivity contribution in [3.63, 3.8) is 0 Å². The summed E-state index contributed by atoms with van der Waals surface area (Å²) in [5.41, 5.74) is 10.9. The van der Waals surface area contributed by atoms with Gasteiger partial charge in [-0.05, 0) is 81.4 Å². The second kappa shape index (κ2) is 10.6. The summed E-state index contributed by atoms with van der Waals surface area (Å²) in [6.07, 6.45) is 0. The molecule has 0 amide bonds. The van der Waals surface area contributed by atoms with Gasteiger partial charge < -0.3 is 4.42 Å². The second-order valence-electron chi connectivity index (χ2n) is 11.6. The van der Waals surface area contributed by atoms with Crippen LogP contribution in [0.25, 0.3) is 86.6 Å². The summed E-state index contributed by atoms with van der Waals surface area (Å²) in [4.78, 5) is 0. The number of thiophene rings is 1. The van der Waals surface area contributed by atoms with Crippen molar-refractivity contribution in [2.75, 3.05) is 0 Å². The Morgan fingerprint density at radius 2 is 1.17 bits per heavy atom. The van der Waals surface area contributed by atoms with E-state index in [-0.39, 0.29) is 0 Å². The molecule has 2 aromatic heterocycles. The highest BCUT2D eigenvalue weighted by atomic mass is 32.1. The van der Waals surface area contributed by atoms with Gasteiger partial charge >= 0.3 is 0 Å². The van der Waals surface area contributed by atoms with Gasteiger partial charge in [0.2, 0.25) is 0 Å². The Kier molecular flexibility index (Phi) is 6.09. The molecule has 2 nitrogen and oxygen atoms in total. The quantitative estimate of drug-likeness (QED) is 0.201. The first-order chi connectivity index (χ1) is 22.7. The van der Waals surface area contributed by atoms with Crippen LogP contribution in [0.1, 0.15) is 5.56 Å². The van der Waals surface area contributed by atoms with Gasteiger partial charge in [-0.3, -0.25) is 0 Å². The molecule has 0 aliphatic heterocycles. The van der Waals surface area contributed by atoms with Crippen molar-refractivity contribution in [3.8, 4) is 50.6 Å². The van der Waals surface area contributed by atoms with Crippen molar-refractivity contribution in [1.29, 1.82) is 5.26 Å². The van der Waals surface area contributed by atoms with Crippen LogP contribution < -0.4 is 0 Å². The van der Waals surface area contributed by atoms with E-state index < -0.39 is 0 Å². The van der Waals surface area contributed by atoms with Crippen LogP contribution in [-0.4, -0.2) is 0 Å². The van der Waals surface area contributed by atoms with Gasteiger partial charge in [0, 0.05) is 36.5 Å². The Balaban J connectivity index is 1.35. The number of hydrogen-bond acceptors (Lipinski definition) is 3. The Hall–Kier alpha value is -5.95. The van der Waals surface area contributed by atoms with E-state index in [4.69, 9.17) is 4.42 Å². The van der Waals surface area contributed by atoms with Gasteiger partial charge in [0.1, 0.15) is 11.2 Å². The summed E-state index contributed by atoms with van der Waals surface area (Å²) >= 11 is 1.83. The molecule has 9 rings (SSSR count). The van der Waals surface area contributed by atoms with E-state index in [0.717, 1.165) is 60.9 Å². The maximum absolute atomic E-state index is 10.2. The predicted octanol–water partition coefficient (Wildman–Crippen LogP) is 12.5. The van der Waals surface area contributed by atoms with E-state index in [9.17, 15) is 5.26 Å². The number of para-hydroxylation sites is 2. The highest BCUT2D eigenvalue weighted by Gasteiger charge is 2.19. The van der Waals surface area contributed by atoms with Crippen LogP contribution in [0.5, 0.6) is 0 Å². The molecule has 0 fully saturated rings. The third kappa shape index (κ3) is 4.24. The maximum Gasteiger partial charge on any atom is 0.143 e. The summed E-state index contributed by atoms with van der Waals surface area (Å²) in [6, 6.07) is 55.4. The monoisotopic (exact) mass is 603 g/mol. The molecule has 214 valence electrons. The zero-order chi connectivity index (χ0) is 30.6. The smallest absolute Gasteiger partial charge is 0.143 e. The van der Waals surface area contributed by atoms with Crippen molar-refractivity contribution in [1.82, 2.24) is 0 Å². The molecule has 0 spiro atoms. The van der Waals surface area contributed by atoms with Crippen molar-refractivity contribution < 1.29 is 4.42 Å². The first-order valence-electron chi connectivity index (χ1n) is 15.3. The Morgan fingerprint density at radius 3 is 2.07 bits per heavy atom. The number of hydrogen-bond donors (Lipinski definition) is 0. The molecule has 0 aliphatic carbocycles. The maximum atomic E-state index is 10.2. The highest BCUT2D eigenvalue weighted by Crippen LogP contribution is 2.45. The van der Waals surface area contributed by atoms with Crippen LogP contribution >= 0.6 is 11.3 Å². The number of nitrogens with zero attached hydrogens (tertiary/aromatic N) is 1. The Morgan fingerprint density at radius 1 is 0.457 bits per heavy atom. The lowest BCUT2D eigenvalue weighted by Crippen LogP contribution is -1.91. The topological polar surface area (TPSA) is 36.9 Å². The molecule has 0 saturated carbocycles. The van der Waals surface area contributed by atoms with E-state index >= 15 is 0 Å². The largest absolute Gasteiger partial charge is 0.455 e. The van der Waals surface area contributed by atoms with Crippen LogP contribution in [0, 0.1) is 11.3 Å². The number of rotatable bonds is 4. The summed E-state index contributed by atoms with van der Waals surface area (Å²) in [6.45, 7) is 0. The normalized spacial score (nSPS) is 11.5. The molecule has 0 aliphatic rings. The van der Waals surface area contributed by atoms with E-state index in [2.05, 4.69) is 115 Å². The minimum atomic E-state index is 0.626. The lowest BCUT2D eigenvalue weighted by molar-refractivity contribution is 0.670. The SMILES string of the molecule is N#Cc1cc(-c2ccccc2)cc(-c2cc(-c3cccc4sc5ccccc5c34)ccc2-c2cccc3c2oc2ccccc23)c1. The van der Waals surface area contributed by atoms with Gasteiger partial charge in [-0.25, -0.2) is 0 Å². The number of furan rings is 1. The molecule has 2 heterocycles. The summed E-state index contributed by atoms with van der Waals surface area (Å²) in [5, 5.41) is 14.9. The third-order valence-corrected chi connectivity index (χ3v) is 10.0. The summed E-state index contributed by atoms with van der Waals surface area (Å²) < 4.78 is 9.08. The fourth-order valence-electron chi connectivity index (χ4n) is 6.80. The first kappa shape index (κ1) is 26.5.